The number of para-hydroxylation sites is 1. The van der Waals surface area contributed by atoms with Gasteiger partial charge in [-0.05, 0) is 24.6 Å². The van der Waals surface area contributed by atoms with Crippen LogP contribution in [-0.4, -0.2) is 5.84 Å². The molecule has 0 heterocycles. The summed E-state index contributed by atoms with van der Waals surface area (Å²) in [7, 11) is 0. The van der Waals surface area contributed by atoms with E-state index in [4.69, 9.17) is 11.1 Å². The number of hydrogen-bond acceptors (Lipinski definition) is 2. The lowest BCUT2D eigenvalue weighted by atomic mass is 10.1. The molecule has 0 saturated carbocycles. The highest BCUT2D eigenvalue weighted by Crippen LogP contribution is 2.23. The molecule has 2 aromatic carbocycles. The van der Waals surface area contributed by atoms with Gasteiger partial charge in [-0.3, -0.25) is 5.41 Å². The molecule has 0 amide bonds. The Morgan fingerprint density at radius 3 is 2.00 bits per heavy atom. The lowest BCUT2D eigenvalue weighted by Crippen LogP contribution is -2.37. The average molecular weight is 239 g/mol. The largest absolute Gasteiger partial charge is 0.310 e. The highest BCUT2D eigenvalue weighted by Gasteiger charge is 2.18. The Labute approximate surface area is 107 Å². The SMILES string of the molecule is CC(=N)N(c1ccccc1)C(N)c1ccccc1. The fraction of sp³-hybridized carbons (Fsp3) is 0.133. The molecular formula is C15H17N3. The van der Waals surface area contributed by atoms with Crippen LogP contribution in [0.2, 0.25) is 0 Å². The topological polar surface area (TPSA) is 53.1 Å². The van der Waals surface area contributed by atoms with Crippen molar-refractivity contribution >= 4 is 11.5 Å². The molecule has 0 aliphatic carbocycles. The zero-order valence-electron chi connectivity index (χ0n) is 10.4. The van der Waals surface area contributed by atoms with E-state index in [1.165, 1.54) is 0 Å². The van der Waals surface area contributed by atoms with Gasteiger partial charge in [0.1, 0.15) is 6.17 Å². The summed E-state index contributed by atoms with van der Waals surface area (Å²) in [6, 6.07) is 19.6. The molecule has 1 atom stereocenters. The minimum atomic E-state index is -0.342. The van der Waals surface area contributed by atoms with E-state index < -0.39 is 0 Å². The minimum Gasteiger partial charge on any atom is -0.310 e. The van der Waals surface area contributed by atoms with Crippen molar-refractivity contribution < 1.29 is 0 Å². The second-order valence-corrected chi connectivity index (χ2v) is 4.15. The summed E-state index contributed by atoms with van der Waals surface area (Å²) in [5.74, 6) is 0.428. The van der Waals surface area contributed by atoms with Gasteiger partial charge in [0.15, 0.2) is 0 Å². The molecule has 2 rings (SSSR count). The summed E-state index contributed by atoms with van der Waals surface area (Å²) in [5, 5.41) is 7.91. The van der Waals surface area contributed by atoms with Crippen LogP contribution in [0.4, 0.5) is 5.69 Å². The number of benzene rings is 2. The van der Waals surface area contributed by atoms with E-state index in [1.807, 2.05) is 65.6 Å². The smallest absolute Gasteiger partial charge is 0.109 e. The van der Waals surface area contributed by atoms with Crippen molar-refractivity contribution in [2.45, 2.75) is 13.1 Å². The summed E-state index contributed by atoms with van der Waals surface area (Å²) in [4.78, 5) is 1.81. The quantitative estimate of drug-likeness (QED) is 0.491. The molecule has 3 heteroatoms. The lowest BCUT2D eigenvalue weighted by Gasteiger charge is -2.30. The molecule has 3 N–H and O–H groups in total. The monoisotopic (exact) mass is 239 g/mol. The summed E-state index contributed by atoms with van der Waals surface area (Å²) in [5.41, 5.74) is 8.18. The third-order valence-corrected chi connectivity index (χ3v) is 2.81. The van der Waals surface area contributed by atoms with Crippen LogP contribution >= 0.6 is 0 Å². The fourth-order valence-corrected chi connectivity index (χ4v) is 1.95. The highest BCUT2D eigenvalue weighted by atomic mass is 15.2. The Bertz CT molecular complexity index is 508. The molecule has 0 aliphatic heterocycles. The molecule has 0 saturated heterocycles. The number of amidine groups is 1. The van der Waals surface area contributed by atoms with Crippen molar-refractivity contribution in [1.29, 1.82) is 5.41 Å². The molecule has 18 heavy (non-hydrogen) atoms. The molecule has 0 fully saturated rings. The van der Waals surface area contributed by atoms with Crippen LogP contribution in [0.15, 0.2) is 60.7 Å². The first-order valence-electron chi connectivity index (χ1n) is 5.90. The van der Waals surface area contributed by atoms with Crippen molar-refractivity contribution in [2.75, 3.05) is 4.90 Å². The summed E-state index contributed by atoms with van der Waals surface area (Å²) >= 11 is 0. The number of anilines is 1. The molecule has 0 spiro atoms. The van der Waals surface area contributed by atoms with Crippen LogP contribution in [0.5, 0.6) is 0 Å². The van der Waals surface area contributed by atoms with Gasteiger partial charge in [-0.15, -0.1) is 0 Å². The van der Waals surface area contributed by atoms with E-state index in [-0.39, 0.29) is 6.17 Å². The minimum absolute atomic E-state index is 0.342. The zero-order valence-corrected chi connectivity index (χ0v) is 10.4. The van der Waals surface area contributed by atoms with Crippen LogP contribution in [-0.2, 0) is 0 Å². The summed E-state index contributed by atoms with van der Waals surface area (Å²) in [6.07, 6.45) is -0.342. The molecule has 0 radical (unpaired) electrons. The molecule has 0 aliphatic rings. The van der Waals surface area contributed by atoms with Crippen molar-refractivity contribution in [1.82, 2.24) is 0 Å². The van der Waals surface area contributed by atoms with Gasteiger partial charge in [-0.2, -0.15) is 0 Å². The fourth-order valence-electron chi connectivity index (χ4n) is 1.95. The maximum absolute atomic E-state index is 7.91. The van der Waals surface area contributed by atoms with Gasteiger partial charge in [0.2, 0.25) is 0 Å². The van der Waals surface area contributed by atoms with Gasteiger partial charge in [0.25, 0.3) is 0 Å². The third kappa shape index (κ3) is 2.57. The highest BCUT2D eigenvalue weighted by molar-refractivity contribution is 5.94. The van der Waals surface area contributed by atoms with Crippen LogP contribution in [0.3, 0.4) is 0 Å². The maximum Gasteiger partial charge on any atom is 0.109 e. The lowest BCUT2D eigenvalue weighted by molar-refractivity contribution is 0.747. The van der Waals surface area contributed by atoms with E-state index in [0.717, 1.165) is 11.3 Å². The number of hydrogen-bond donors (Lipinski definition) is 2. The number of nitrogens with two attached hydrogens (primary N) is 1. The molecule has 0 aromatic heterocycles. The van der Waals surface area contributed by atoms with Crippen molar-refractivity contribution in [3.05, 3.63) is 66.2 Å². The van der Waals surface area contributed by atoms with E-state index in [2.05, 4.69) is 0 Å². The van der Waals surface area contributed by atoms with Crippen LogP contribution < -0.4 is 10.6 Å². The van der Waals surface area contributed by atoms with Crippen molar-refractivity contribution in [3.63, 3.8) is 0 Å². The van der Waals surface area contributed by atoms with E-state index in [1.54, 1.807) is 6.92 Å². The van der Waals surface area contributed by atoms with Crippen LogP contribution in [0, 0.1) is 5.41 Å². The Morgan fingerprint density at radius 1 is 1.00 bits per heavy atom. The molecule has 0 bridgehead atoms. The number of nitrogens with one attached hydrogen (secondary N) is 1. The number of rotatable bonds is 3. The maximum atomic E-state index is 7.91. The predicted octanol–water partition coefficient (Wildman–Crippen LogP) is 3.15. The third-order valence-electron chi connectivity index (χ3n) is 2.81. The summed E-state index contributed by atoms with van der Waals surface area (Å²) in [6.45, 7) is 1.75. The molecule has 92 valence electrons. The van der Waals surface area contributed by atoms with Crippen molar-refractivity contribution in [2.24, 2.45) is 5.73 Å². The van der Waals surface area contributed by atoms with Crippen LogP contribution in [0.1, 0.15) is 18.7 Å². The van der Waals surface area contributed by atoms with Gasteiger partial charge in [0, 0.05) is 5.69 Å². The first kappa shape index (κ1) is 12.3. The van der Waals surface area contributed by atoms with Crippen LogP contribution in [0.25, 0.3) is 0 Å². The predicted molar refractivity (Wildman–Crippen MR) is 75.7 cm³/mol. The van der Waals surface area contributed by atoms with Gasteiger partial charge in [-0.25, -0.2) is 0 Å². The van der Waals surface area contributed by atoms with E-state index in [0.29, 0.717) is 5.84 Å². The Hall–Kier alpha value is -2.13. The normalized spacial score (nSPS) is 11.9. The van der Waals surface area contributed by atoms with Gasteiger partial charge in [0.05, 0.1) is 5.84 Å². The second-order valence-electron chi connectivity index (χ2n) is 4.15. The van der Waals surface area contributed by atoms with Gasteiger partial charge in [-0.1, -0.05) is 48.5 Å². The van der Waals surface area contributed by atoms with Gasteiger partial charge < -0.3 is 10.6 Å². The molecular weight excluding hydrogens is 222 g/mol. The zero-order chi connectivity index (χ0) is 13.0. The molecule has 3 nitrogen and oxygen atoms in total. The van der Waals surface area contributed by atoms with E-state index >= 15 is 0 Å². The Morgan fingerprint density at radius 2 is 1.50 bits per heavy atom. The van der Waals surface area contributed by atoms with Crippen molar-refractivity contribution in [3.8, 4) is 0 Å². The second kappa shape index (κ2) is 5.47. The molecule has 1 unspecified atom stereocenters. The average Bonchev–Trinajstić information content (AvgIpc) is 2.40. The molecule has 2 aromatic rings. The first-order chi connectivity index (χ1) is 8.70. The standard InChI is InChI=1S/C15H17N3/c1-12(16)18(14-10-6-3-7-11-14)15(17)13-8-4-2-5-9-13/h2-11,15-16H,17H2,1H3. The first-order valence-corrected chi connectivity index (χ1v) is 5.90. The van der Waals surface area contributed by atoms with E-state index in [9.17, 15) is 0 Å². The number of nitrogens with zero attached hydrogens (tertiary/aromatic N) is 1. The Balaban J connectivity index is 2.35. The Kier molecular flexibility index (Phi) is 3.75. The summed E-state index contributed by atoms with van der Waals surface area (Å²) < 4.78 is 0. The van der Waals surface area contributed by atoms with Gasteiger partial charge >= 0.3 is 0 Å².